The zero-order chi connectivity index (χ0) is 14.5. The summed E-state index contributed by atoms with van der Waals surface area (Å²) in [5.41, 5.74) is 0. The van der Waals surface area contributed by atoms with Gasteiger partial charge in [-0.25, -0.2) is 0 Å². The monoisotopic (exact) mass is 268 g/mol. The number of unbranched alkanes of at least 4 members (excludes halogenated alkanes) is 5. The molecule has 0 aromatic heterocycles. The van der Waals surface area contributed by atoms with Crippen molar-refractivity contribution in [3.05, 3.63) is 0 Å². The Labute approximate surface area is 123 Å². The molecule has 0 radical (unpaired) electrons. The summed E-state index contributed by atoms with van der Waals surface area (Å²) >= 11 is 0. The molecule has 0 amide bonds. The molecule has 2 atom stereocenters. The van der Waals surface area contributed by atoms with Crippen LogP contribution in [0.2, 0.25) is 0 Å². The van der Waals surface area contributed by atoms with E-state index < -0.39 is 0 Å². The van der Waals surface area contributed by atoms with Gasteiger partial charge in [0.1, 0.15) is 0 Å². The van der Waals surface area contributed by atoms with Crippen molar-refractivity contribution in [2.75, 3.05) is 0 Å². The molecular weight excluding hydrogens is 228 g/mol. The van der Waals surface area contributed by atoms with Gasteiger partial charge in [-0.05, 0) is 17.8 Å². The van der Waals surface area contributed by atoms with Crippen molar-refractivity contribution in [2.45, 2.75) is 105 Å². The predicted molar refractivity (Wildman–Crippen MR) is 89.6 cm³/mol. The molecule has 19 heavy (non-hydrogen) atoms. The van der Waals surface area contributed by atoms with Gasteiger partial charge in [0.25, 0.3) is 0 Å². The normalized spacial score (nSPS) is 14.8. The van der Waals surface area contributed by atoms with Crippen molar-refractivity contribution in [2.24, 2.45) is 17.8 Å². The Morgan fingerprint density at radius 1 is 0.579 bits per heavy atom. The number of hydrogen-bond acceptors (Lipinski definition) is 0. The maximum Gasteiger partial charge on any atom is -0.0414 e. The topological polar surface area (TPSA) is 0 Å². The summed E-state index contributed by atoms with van der Waals surface area (Å²) in [6, 6.07) is 0. The third-order valence-electron chi connectivity index (χ3n) is 4.83. The van der Waals surface area contributed by atoms with E-state index in [2.05, 4.69) is 34.6 Å². The van der Waals surface area contributed by atoms with Crippen molar-refractivity contribution in [1.29, 1.82) is 0 Å². The van der Waals surface area contributed by atoms with Crippen LogP contribution in [0.3, 0.4) is 0 Å². The second kappa shape index (κ2) is 13.0. The lowest BCUT2D eigenvalue weighted by molar-refractivity contribution is 0.315. The average Bonchev–Trinajstić information content (AvgIpc) is 2.39. The van der Waals surface area contributed by atoms with Crippen molar-refractivity contribution < 1.29 is 0 Å². The summed E-state index contributed by atoms with van der Waals surface area (Å²) in [6.45, 7) is 11.8. The molecule has 0 aliphatic heterocycles. The van der Waals surface area contributed by atoms with Crippen LogP contribution in [-0.2, 0) is 0 Å². The third kappa shape index (κ3) is 11.5. The smallest absolute Gasteiger partial charge is 0.0414 e. The van der Waals surface area contributed by atoms with Gasteiger partial charge in [-0.3, -0.25) is 0 Å². The van der Waals surface area contributed by atoms with E-state index in [1.807, 2.05) is 0 Å². The first-order valence-electron chi connectivity index (χ1n) is 9.11. The molecule has 0 saturated carbocycles. The van der Waals surface area contributed by atoms with Gasteiger partial charge in [-0.2, -0.15) is 0 Å². The Morgan fingerprint density at radius 2 is 1.21 bits per heavy atom. The molecule has 0 heteroatoms. The van der Waals surface area contributed by atoms with E-state index in [9.17, 15) is 0 Å². The van der Waals surface area contributed by atoms with Crippen LogP contribution < -0.4 is 0 Å². The first-order valence-corrected chi connectivity index (χ1v) is 9.11. The van der Waals surface area contributed by atoms with E-state index in [0.717, 1.165) is 17.8 Å². The second-order valence-electron chi connectivity index (χ2n) is 7.01. The standard InChI is InChI=1S/C19H40/c1-6-8-9-10-11-12-14-19(13-7-2)16-15-18(5)17(3)4/h17-19H,6-16H2,1-5H3. The van der Waals surface area contributed by atoms with Crippen LogP contribution in [0.15, 0.2) is 0 Å². The highest BCUT2D eigenvalue weighted by Crippen LogP contribution is 2.26. The van der Waals surface area contributed by atoms with Gasteiger partial charge in [0.15, 0.2) is 0 Å². The summed E-state index contributed by atoms with van der Waals surface area (Å²) in [4.78, 5) is 0. The summed E-state index contributed by atoms with van der Waals surface area (Å²) in [5.74, 6) is 2.78. The fourth-order valence-electron chi connectivity index (χ4n) is 2.89. The number of rotatable bonds is 13. The molecule has 0 bridgehead atoms. The van der Waals surface area contributed by atoms with Gasteiger partial charge in [0.05, 0.1) is 0 Å². The van der Waals surface area contributed by atoms with E-state index in [4.69, 9.17) is 0 Å². The van der Waals surface area contributed by atoms with Gasteiger partial charge in [-0.1, -0.05) is 105 Å². The van der Waals surface area contributed by atoms with Crippen LogP contribution in [0.5, 0.6) is 0 Å². The zero-order valence-electron chi connectivity index (χ0n) is 14.5. The lowest BCUT2D eigenvalue weighted by atomic mass is 9.85. The van der Waals surface area contributed by atoms with Gasteiger partial charge in [0, 0.05) is 0 Å². The van der Waals surface area contributed by atoms with Crippen molar-refractivity contribution >= 4 is 0 Å². The molecule has 0 aliphatic carbocycles. The van der Waals surface area contributed by atoms with Crippen LogP contribution in [0.25, 0.3) is 0 Å². The quantitative estimate of drug-likeness (QED) is 0.309. The van der Waals surface area contributed by atoms with E-state index in [1.54, 1.807) is 0 Å². The van der Waals surface area contributed by atoms with Gasteiger partial charge >= 0.3 is 0 Å². The van der Waals surface area contributed by atoms with Crippen molar-refractivity contribution in [3.63, 3.8) is 0 Å². The maximum atomic E-state index is 2.43. The van der Waals surface area contributed by atoms with Crippen LogP contribution in [0, 0.1) is 17.8 Å². The lowest BCUT2D eigenvalue weighted by Gasteiger charge is -2.20. The molecule has 0 heterocycles. The fourth-order valence-corrected chi connectivity index (χ4v) is 2.89. The minimum Gasteiger partial charge on any atom is -0.0654 e. The highest BCUT2D eigenvalue weighted by atomic mass is 14.2. The number of hydrogen-bond donors (Lipinski definition) is 0. The molecule has 0 N–H and O–H groups in total. The molecule has 0 aromatic rings. The Kier molecular flexibility index (Phi) is 13.0. The fraction of sp³-hybridized carbons (Fsp3) is 1.00. The van der Waals surface area contributed by atoms with Gasteiger partial charge in [0.2, 0.25) is 0 Å². The average molecular weight is 269 g/mol. The van der Waals surface area contributed by atoms with Crippen LogP contribution in [0.4, 0.5) is 0 Å². The molecule has 0 spiro atoms. The molecule has 0 rings (SSSR count). The summed E-state index contributed by atoms with van der Waals surface area (Å²) < 4.78 is 0. The third-order valence-corrected chi connectivity index (χ3v) is 4.83. The Balaban J connectivity index is 3.67. The van der Waals surface area contributed by atoms with Gasteiger partial charge in [-0.15, -0.1) is 0 Å². The Morgan fingerprint density at radius 3 is 1.79 bits per heavy atom. The highest BCUT2D eigenvalue weighted by Gasteiger charge is 2.12. The molecule has 0 aliphatic rings. The van der Waals surface area contributed by atoms with Crippen LogP contribution in [-0.4, -0.2) is 0 Å². The SMILES string of the molecule is CCCCCCCCC(CCC)CCC(C)C(C)C. The maximum absolute atomic E-state index is 2.43. The largest absolute Gasteiger partial charge is 0.0654 e. The molecule has 0 saturated heterocycles. The summed E-state index contributed by atoms with van der Waals surface area (Å²) in [7, 11) is 0. The molecule has 2 unspecified atom stereocenters. The van der Waals surface area contributed by atoms with E-state index in [1.165, 1.54) is 70.6 Å². The predicted octanol–water partition coefficient (Wildman–Crippen LogP) is 7.23. The molecule has 0 fully saturated rings. The minimum atomic E-state index is 0.858. The zero-order valence-corrected chi connectivity index (χ0v) is 14.5. The molecule has 0 aromatic carbocycles. The van der Waals surface area contributed by atoms with E-state index >= 15 is 0 Å². The van der Waals surface area contributed by atoms with E-state index in [-0.39, 0.29) is 0 Å². The van der Waals surface area contributed by atoms with Crippen molar-refractivity contribution in [1.82, 2.24) is 0 Å². The molecule has 0 nitrogen and oxygen atoms in total. The Hall–Kier alpha value is 0. The Bertz CT molecular complexity index is 171. The second-order valence-corrected chi connectivity index (χ2v) is 7.01. The molecular formula is C19H40. The molecule has 116 valence electrons. The van der Waals surface area contributed by atoms with Gasteiger partial charge < -0.3 is 0 Å². The highest BCUT2D eigenvalue weighted by molar-refractivity contribution is 4.64. The van der Waals surface area contributed by atoms with Crippen LogP contribution in [0.1, 0.15) is 105 Å². The summed E-state index contributed by atoms with van der Waals surface area (Å²) in [6.07, 6.45) is 15.9. The van der Waals surface area contributed by atoms with Crippen LogP contribution >= 0.6 is 0 Å². The van der Waals surface area contributed by atoms with E-state index in [0.29, 0.717) is 0 Å². The first kappa shape index (κ1) is 19.0. The lowest BCUT2D eigenvalue weighted by Crippen LogP contribution is -2.08. The first-order chi connectivity index (χ1) is 9.11. The minimum absolute atomic E-state index is 0.858. The van der Waals surface area contributed by atoms with Crippen molar-refractivity contribution in [3.8, 4) is 0 Å². The summed E-state index contributed by atoms with van der Waals surface area (Å²) in [5, 5.41) is 0.